The molecule has 0 aromatic heterocycles. The third-order valence-electron chi connectivity index (χ3n) is 6.12. The Kier molecular flexibility index (Phi) is 7.59. The van der Waals surface area contributed by atoms with Crippen LogP contribution in [0.4, 0.5) is 5.69 Å². The van der Waals surface area contributed by atoms with E-state index in [-0.39, 0.29) is 17.3 Å². The first-order valence-electron chi connectivity index (χ1n) is 11.5. The van der Waals surface area contributed by atoms with Gasteiger partial charge in [0, 0.05) is 28.4 Å². The standard InChI is InChI=1S/C29H27ClN2O3S/c1-19-8-12-24(16-21(19)3)26-6-4-5-7-28(26)36(34,35)31-18-22-10-13-23(14-11-22)29(33)32-27-17-25(30)15-9-20(27)2/h4-17,31H,18H2,1-3H3,(H,32,33). The molecule has 0 spiro atoms. The molecular formula is C29H27ClN2O3S. The van der Waals surface area contributed by atoms with Crippen molar-refractivity contribution in [3.05, 3.63) is 118 Å². The molecule has 0 heterocycles. The summed E-state index contributed by atoms with van der Waals surface area (Å²) >= 11 is 6.03. The van der Waals surface area contributed by atoms with E-state index >= 15 is 0 Å². The maximum absolute atomic E-state index is 13.2. The van der Waals surface area contributed by atoms with Gasteiger partial charge in [0.05, 0.1) is 4.90 Å². The van der Waals surface area contributed by atoms with Gasteiger partial charge in [0.1, 0.15) is 0 Å². The van der Waals surface area contributed by atoms with Gasteiger partial charge in [-0.2, -0.15) is 0 Å². The number of hydrogen-bond acceptors (Lipinski definition) is 3. The molecule has 0 unspecified atom stereocenters. The van der Waals surface area contributed by atoms with Crippen LogP contribution in [0.1, 0.15) is 32.6 Å². The van der Waals surface area contributed by atoms with Crippen LogP contribution in [0.5, 0.6) is 0 Å². The third-order valence-corrected chi connectivity index (χ3v) is 7.82. The Hall–Kier alpha value is -3.45. The number of anilines is 1. The van der Waals surface area contributed by atoms with Crippen LogP contribution >= 0.6 is 11.6 Å². The summed E-state index contributed by atoms with van der Waals surface area (Å²) in [7, 11) is -3.78. The number of halogens is 1. The van der Waals surface area contributed by atoms with E-state index in [4.69, 9.17) is 11.6 Å². The summed E-state index contributed by atoms with van der Waals surface area (Å²) in [5.74, 6) is -0.269. The normalized spacial score (nSPS) is 11.3. The number of amides is 1. The Morgan fingerprint density at radius 2 is 1.50 bits per heavy atom. The smallest absolute Gasteiger partial charge is 0.255 e. The lowest BCUT2D eigenvalue weighted by Gasteiger charge is -2.13. The molecule has 0 aliphatic rings. The van der Waals surface area contributed by atoms with Crippen molar-refractivity contribution in [1.29, 1.82) is 0 Å². The average molecular weight is 519 g/mol. The molecule has 4 aromatic rings. The number of carbonyl (C=O) groups excluding carboxylic acids is 1. The zero-order chi connectivity index (χ0) is 25.9. The van der Waals surface area contributed by atoms with Gasteiger partial charge in [0.15, 0.2) is 0 Å². The molecule has 36 heavy (non-hydrogen) atoms. The average Bonchev–Trinajstić information content (AvgIpc) is 2.87. The highest BCUT2D eigenvalue weighted by molar-refractivity contribution is 7.89. The van der Waals surface area contributed by atoms with Gasteiger partial charge in [-0.25, -0.2) is 13.1 Å². The van der Waals surface area contributed by atoms with Crippen LogP contribution < -0.4 is 10.0 Å². The first-order chi connectivity index (χ1) is 17.1. The van der Waals surface area contributed by atoms with Gasteiger partial charge in [0.25, 0.3) is 5.91 Å². The van der Waals surface area contributed by atoms with Gasteiger partial charge in [-0.05, 0) is 78.9 Å². The number of rotatable bonds is 7. The second kappa shape index (κ2) is 10.7. The lowest BCUT2D eigenvalue weighted by Crippen LogP contribution is -2.24. The highest BCUT2D eigenvalue weighted by Crippen LogP contribution is 2.29. The van der Waals surface area contributed by atoms with Crippen LogP contribution in [-0.2, 0) is 16.6 Å². The lowest BCUT2D eigenvalue weighted by atomic mass is 10.0. The van der Waals surface area contributed by atoms with Crippen LogP contribution in [0, 0.1) is 20.8 Å². The molecule has 7 heteroatoms. The molecule has 0 radical (unpaired) electrons. The van der Waals surface area contributed by atoms with E-state index in [9.17, 15) is 13.2 Å². The minimum Gasteiger partial charge on any atom is -0.322 e. The van der Waals surface area contributed by atoms with E-state index in [1.54, 1.807) is 48.5 Å². The Balaban J connectivity index is 1.47. The van der Waals surface area contributed by atoms with E-state index in [0.29, 0.717) is 21.8 Å². The van der Waals surface area contributed by atoms with Gasteiger partial charge >= 0.3 is 0 Å². The van der Waals surface area contributed by atoms with Gasteiger partial charge in [-0.3, -0.25) is 4.79 Å². The van der Waals surface area contributed by atoms with Crippen LogP contribution in [0.2, 0.25) is 5.02 Å². The SMILES string of the molecule is Cc1ccc(-c2ccccc2S(=O)(=O)NCc2ccc(C(=O)Nc3cc(Cl)ccc3C)cc2)cc1C. The van der Waals surface area contributed by atoms with E-state index < -0.39 is 10.0 Å². The number of carbonyl (C=O) groups is 1. The van der Waals surface area contributed by atoms with Crippen molar-refractivity contribution in [2.45, 2.75) is 32.2 Å². The summed E-state index contributed by atoms with van der Waals surface area (Å²) in [6, 6.07) is 25.0. The summed E-state index contributed by atoms with van der Waals surface area (Å²) < 4.78 is 29.1. The van der Waals surface area contributed by atoms with Crippen molar-refractivity contribution >= 4 is 33.2 Å². The first-order valence-corrected chi connectivity index (χ1v) is 13.3. The van der Waals surface area contributed by atoms with Gasteiger partial charge in [0.2, 0.25) is 10.0 Å². The molecule has 5 nitrogen and oxygen atoms in total. The molecule has 0 bridgehead atoms. The Labute approximate surface area is 217 Å². The van der Waals surface area contributed by atoms with E-state index in [0.717, 1.165) is 27.8 Å². The van der Waals surface area contributed by atoms with Crippen molar-refractivity contribution in [2.24, 2.45) is 0 Å². The fourth-order valence-corrected chi connectivity index (χ4v) is 5.22. The fourth-order valence-electron chi connectivity index (χ4n) is 3.80. The third kappa shape index (κ3) is 5.85. The molecule has 4 rings (SSSR count). The number of aryl methyl sites for hydroxylation is 3. The molecule has 2 N–H and O–H groups in total. The molecule has 1 amide bonds. The predicted molar refractivity (Wildman–Crippen MR) is 146 cm³/mol. The quantitative estimate of drug-likeness (QED) is 0.287. The summed E-state index contributed by atoms with van der Waals surface area (Å²) in [5.41, 5.74) is 6.49. The maximum atomic E-state index is 13.2. The Bertz CT molecular complexity index is 1530. The summed E-state index contributed by atoms with van der Waals surface area (Å²) in [6.07, 6.45) is 0. The van der Waals surface area contributed by atoms with Crippen LogP contribution in [0.25, 0.3) is 11.1 Å². The van der Waals surface area contributed by atoms with Crippen LogP contribution in [0.15, 0.2) is 89.8 Å². The molecule has 184 valence electrons. The van der Waals surface area contributed by atoms with Crippen LogP contribution in [-0.4, -0.2) is 14.3 Å². The molecule has 4 aromatic carbocycles. The molecule has 0 atom stereocenters. The lowest BCUT2D eigenvalue weighted by molar-refractivity contribution is 0.102. The van der Waals surface area contributed by atoms with E-state index in [2.05, 4.69) is 10.0 Å². The maximum Gasteiger partial charge on any atom is 0.255 e. The Morgan fingerprint density at radius 3 is 2.22 bits per heavy atom. The minimum atomic E-state index is -3.78. The zero-order valence-electron chi connectivity index (χ0n) is 20.3. The monoisotopic (exact) mass is 518 g/mol. The summed E-state index contributed by atoms with van der Waals surface area (Å²) in [6.45, 7) is 6.02. The second-order valence-corrected chi connectivity index (χ2v) is 10.9. The molecule has 0 fully saturated rings. The number of hydrogen-bond donors (Lipinski definition) is 2. The second-order valence-electron chi connectivity index (χ2n) is 8.73. The minimum absolute atomic E-state index is 0.0961. The topological polar surface area (TPSA) is 75.3 Å². The van der Waals surface area contributed by atoms with Crippen molar-refractivity contribution in [1.82, 2.24) is 4.72 Å². The van der Waals surface area contributed by atoms with Crippen molar-refractivity contribution in [3.63, 3.8) is 0 Å². The highest BCUT2D eigenvalue weighted by atomic mass is 35.5. The van der Waals surface area contributed by atoms with E-state index in [1.165, 1.54) is 0 Å². The predicted octanol–water partition coefficient (Wildman–Crippen LogP) is 6.66. The summed E-state index contributed by atoms with van der Waals surface area (Å²) in [4.78, 5) is 12.9. The molecule has 0 aliphatic carbocycles. The Morgan fingerprint density at radius 1 is 0.806 bits per heavy atom. The largest absolute Gasteiger partial charge is 0.322 e. The van der Waals surface area contributed by atoms with Crippen molar-refractivity contribution < 1.29 is 13.2 Å². The summed E-state index contributed by atoms with van der Waals surface area (Å²) in [5, 5.41) is 3.40. The van der Waals surface area contributed by atoms with Crippen molar-refractivity contribution in [3.8, 4) is 11.1 Å². The van der Waals surface area contributed by atoms with Crippen LogP contribution in [0.3, 0.4) is 0 Å². The van der Waals surface area contributed by atoms with Gasteiger partial charge in [-0.1, -0.05) is 66.2 Å². The van der Waals surface area contributed by atoms with Gasteiger partial charge in [-0.15, -0.1) is 0 Å². The molecule has 0 saturated heterocycles. The number of sulfonamides is 1. The zero-order valence-corrected chi connectivity index (χ0v) is 21.9. The van der Waals surface area contributed by atoms with Gasteiger partial charge < -0.3 is 5.32 Å². The number of benzene rings is 4. The molecule has 0 saturated carbocycles. The van der Waals surface area contributed by atoms with Crippen molar-refractivity contribution in [2.75, 3.05) is 5.32 Å². The highest BCUT2D eigenvalue weighted by Gasteiger charge is 2.19. The molecule has 0 aliphatic heterocycles. The number of nitrogens with one attached hydrogen (secondary N) is 2. The molecular weight excluding hydrogens is 492 g/mol. The first kappa shape index (κ1) is 25.6. The fraction of sp³-hybridized carbons (Fsp3) is 0.138. The van der Waals surface area contributed by atoms with E-state index in [1.807, 2.05) is 57.2 Å².